The van der Waals surface area contributed by atoms with Gasteiger partial charge in [-0.1, -0.05) is 6.92 Å². The maximum atomic E-state index is 13.1. The molecule has 0 spiro atoms. The summed E-state index contributed by atoms with van der Waals surface area (Å²) < 4.78 is 11.3. The number of nitrogens with zero attached hydrogens (tertiary/aromatic N) is 1. The zero-order valence-electron chi connectivity index (χ0n) is 16.3. The summed E-state index contributed by atoms with van der Waals surface area (Å²) in [7, 11) is 1.66. The summed E-state index contributed by atoms with van der Waals surface area (Å²) in [5.74, 6) is 3.09. The zero-order chi connectivity index (χ0) is 18.8. The molecule has 6 nitrogen and oxygen atoms in total. The Kier molecular flexibility index (Phi) is 5.55. The van der Waals surface area contributed by atoms with Crippen molar-refractivity contribution in [3.8, 4) is 11.5 Å². The van der Waals surface area contributed by atoms with E-state index in [4.69, 9.17) is 9.47 Å². The van der Waals surface area contributed by atoms with Crippen molar-refractivity contribution in [1.82, 2.24) is 15.8 Å². The number of hydrogen-bond acceptors (Lipinski definition) is 5. The van der Waals surface area contributed by atoms with Crippen LogP contribution >= 0.6 is 0 Å². The van der Waals surface area contributed by atoms with Crippen LogP contribution in [0.1, 0.15) is 39.0 Å². The van der Waals surface area contributed by atoms with Crippen molar-refractivity contribution in [2.24, 2.45) is 11.8 Å². The Morgan fingerprint density at radius 1 is 1.04 bits per heavy atom. The molecule has 1 aromatic carbocycles. The van der Waals surface area contributed by atoms with Crippen LogP contribution in [0, 0.1) is 11.8 Å². The number of piperidine rings is 1. The highest BCUT2D eigenvalue weighted by molar-refractivity contribution is 5.82. The Morgan fingerprint density at radius 3 is 2.44 bits per heavy atom. The van der Waals surface area contributed by atoms with Gasteiger partial charge in [0.2, 0.25) is 5.91 Å². The second-order valence-electron chi connectivity index (χ2n) is 8.27. The molecule has 27 heavy (non-hydrogen) atoms. The van der Waals surface area contributed by atoms with Gasteiger partial charge in [-0.05, 0) is 49.4 Å². The number of amides is 1. The highest BCUT2D eigenvalue weighted by Crippen LogP contribution is 2.34. The molecule has 4 atom stereocenters. The number of hydrogen-bond donors (Lipinski definition) is 2. The maximum Gasteiger partial charge on any atom is 0.241 e. The van der Waals surface area contributed by atoms with E-state index in [0.717, 1.165) is 43.9 Å². The van der Waals surface area contributed by atoms with E-state index in [-0.39, 0.29) is 18.1 Å². The normalized spacial score (nSPS) is 31.4. The average molecular weight is 373 g/mol. The molecule has 4 rings (SSSR count). The van der Waals surface area contributed by atoms with Gasteiger partial charge in [-0.3, -0.25) is 10.2 Å². The van der Waals surface area contributed by atoms with Crippen LogP contribution in [0.15, 0.2) is 24.3 Å². The summed E-state index contributed by atoms with van der Waals surface area (Å²) in [6.45, 7) is 3.84. The predicted octanol–water partition coefficient (Wildman–Crippen LogP) is 2.35. The molecule has 3 fully saturated rings. The monoisotopic (exact) mass is 373 g/mol. The first-order chi connectivity index (χ1) is 13.1. The molecular formula is C21H31N3O3. The van der Waals surface area contributed by atoms with Crippen molar-refractivity contribution in [3.05, 3.63) is 24.3 Å². The van der Waals surface area contributed by atoms with E-state index >= 15 is 0 Å². The zero-order valence-corrected chi connectivity index (χ0v) is 16.3. The van der Waals surface area contributed by atoms with E-state index in [1.54, 1.807) is 7.11 Å². The molecule has 0 bridgehead atoms. The maximum absolute atomic E-state index is 13.1. The van der Waals surface area contributed by atoms with Crippen LogP contribution in [0.4, 0.5) is 0 Å². The molecule has 1 aromatic rings. The van der Waals surface area contributed by atoms with E-state index < -0.39 is 0 Å². The molecule has 0 aromatic heterocycles. The third-order valence-electron chi connectivity index (χ3n) is 6.40. The second kappa shape index (κ2) is 8.07. The van der Waals surface area contributed by atoms with Gasteiger partial charge < -0.3 is 14.4 Å². The standard InChI is InChI=1S/C21H31N3O3/c1-14-3-8-19-18(13-14)20(23-22-19)21(25)24-11-9-17(10-12-24)27-16-6-4-15(26-2)5-7-16/h4-7,14,17-20,22-23H,3,8-13H2,1-2H3. The first kappa shape index (κ1) is 18.6. The molecule has 148 valence electrons. The first-order valence-electron chi connectivity index (χ1n) is 10.2. The van der Waals surface area contributed by atoms with Gasteiger partial charge in [0, 0.05) is 37.9 Å². The summed E-state index contributed by atoms with van der Waals surface area (Å²) in [5.41, 5.74) is 6.66. The van der Waals surface area contributed by atoms with Gasteiger partial charge in [0.05, 0.1) is 7.11 Å². The lowest BCUT2D eigenvalue weighted by atomic mass is 9.76. The fraction of sp³-hybridized carbons (Fsp3) is 0.667. The van der Waals surface area contributed by atoms with Crippen molar-refractivity contribution >= 4 is 5.91 Å². The topological polar surface area (TPSA) is 62.8 Å². The molecule has 1 amide bonds. The number of carbonyl (C=O) groups is 1. The first-order valence-corrected chi connectivity index (χ1v) is 10.2. The summed E-state index contributed by atoms with van der Waals surface area (Å²) in [4.78, 5) is 15.1. The summed E-state index contributed by atoms with van der Waals surface area (Å²) in [5, 5.41) is 0. The number of methoxy groups -OCH3 is 1. The van der Waals surface area contributed by atoms with Gasteiger partial charge in [-0.2, -0.15) is 0 Å². The molecule has 1 saturated carbocycles. The molecule has 2 N–H and O–H groups in total. The van der Waals surface area contributed by atoms with Gasteiger partial charge in [0.15, 0.2) is 0 Å². The molecular weight excluding hydrogens is 342 g/mol. The van der Waals surface area contributed by atoms with Crippen LogP contribution in [0.5, 0.6) is 11.5 Å². The van der Waals surface area contributed by atoms with Crippen LogP contribution in [-0.2, 0) is 4.79 Å². The molecule has 2 aliphatic heterocycles. The van der Waals surface area contributed by atoms with Crippen LogP contribution in [0.3, 0.4) is 0 Å². The molecule has 1 aliphatic carbocycles. The Labute approximate surface area is 161 Å². The Morgan fingerprint density at radius 2 is 1.74 bits per heavy atom. The number of rotatable bonds is 4. The van der Waals surface area contributed by atoms with E-state index in [2.05, 4.69) is 17.8 Å². The van der Waals surface area contributed by atoms with Crippen LogP contribution in [0.2, 0.25) is 0 Å². The largest absolute Gasteiger partial charge is 0.497 e. The fourth-order valence-corrected chi connectivity index (χ4v) is 4.76. The highest BCUT2D eigenvalue weighted by Gasteiger charge is 2.44. The van der Waals surface area contributed by atoms with Gasteiger partial charge in [-0.25, -0.2) is 5.43 Å². The quantitative estimate of drug-likeness (QED) is 0.848. The summed E-state index contributed by atoms with van der Waals surface area (Å²) in [6.07, 6.45) is 5.48. The summed E-state index contributed by atoms with van der Waals surface area (Å²) >= 11 is 0. The lowest BCUT2D eigenvalue weighted by Crippen LogP contribution is -2.51. The van der Waals surface area contributed by atoms with E-state index in [0.29, 0.717) is 17.9 Å². The van der Waals surface area contributed by atoms with Gasteiger partial charge in [-0.15, -0.1) is 0 Å². The smallest absolute Gasteiger partial charge is 0.241 e. The minimum Gasteiger partial charge on any atom is -0.497 e. The molecule has 0 radical (unpaired) electrons. The third-order valence-corrected chi connectivity index (χ3v) is 6.40. The van der Waals surface area contributed by atoms with Gasteiger partial charge >= 0.3 is 0 Å². The van der Waals surface area contributed by atoms with Crippen molar-refractivity contribution in [2.45, 2.75) is 57.2 Å². The van der Waals surface area contributed by atoms with Crippen molar-refractivity contribution in [3.63, 3.8) is 0 Å². The van der Waals surface area contributed by atoms with Crippen LogP contribution < -0.4 is 20.3 Å². The van der Waals surface area contributed by atoms with Crippen molar-refractivity contribution in [1.29, 1.82) is 0 Å². The SMILES string of the molecule is COc1ccc(OC2CCN(C(=O)C3NNC4CCC(C)CC43)CC2)cc1. The third kappa shape index (κ3) is 4.06. The molecule has 6 heteroatoms. The Bertz CT molecular complexity index is 643. The number of fused-ring (bicyclic) bond motifs is 1. The van der Waals surface area contributed by atoms with Crippen molar-refractivity contribution < 1.29 is 14.3 Å². The Balaban J connectivity index is 1.29. The van der Waals surface area contributed by atoms with Crippen molar-refractivity contribution in [2.75, 3.05) is 20.2 Å². The number of likely N-dealkylation sites (tertiary alicyclic amines) is 1. The Hall–Kier alpha value is -1.79. The predicted molar refractivity (Wildman–Crippen MR) is 104 cm³/mol. The second-order valence-corrected chi connectivity index (χ2v) is 8.27. The van der Waals surface area contributed by atoms with E-state index in [1.807, 2.05) is 29.2 Å². The summed E-state index contributed by atoms with van der Waals surface area (Å²) in [6, 6.07) is 8.08. The van der Waals surface area contributed by atoms with E-state index in [9.17, 15) is 4.79 Å². The van der Waals surface area contributed by atoms with Gasteiger partial charge in [0.1, 0.15) is 23.6 Å². The fourth-order valence-electron chi connectivity index (χ4n) is 4.76. The highest BCUT2D eigenvalue weighted by atomic mass is 16.5. The minimum atomic E-state index is -0.0724. The number of benzene rings is 1. The molecule has 3 aliphatic rings. The van der Waals surface area contributed by atoms with E-state index in [1.165, 1.54) is 12.8 Å². The number of nitrogens with one attached hydrogen (secondary N) is 2. The van der Waals surface area contributed by atoms with Gasteiger partial charge in [0.25, 0.3) is 0 Å². The number of hydrazine groups is 1. The lowest BCUT2D eigenvalue weighted by molar-refractivity contribution is -0.136. The van der Waals surface area contributed by atoms with Crippen LogP contribution in [0.25, 0.3) is 0 Å². The number of carbonyl (C=O) groups excluding carboxylic acids is 1. The van der Waals surface area contributed by atoms with Crippen LogP contribution in [-0.4, -0.2) is 49.2 Å². The minimum absolute atomic E-state index is 0.0724. The molecule has 4 unspecified atom stereocenters. The molecule has 2 saturated heterocycles. The molecule has 2 heterocycles. The lowest BCUT2D eigenvalue weighted by Gasteiger charge is -2.36. The average Bonchev–Trinajstić information content (AvgIpc) is 3.11. The number of ether oxygens (including phenoxy) is 2.